The van der Waals surface area contributed by atoms with E-state index in [1.54, 1.807) is 36.9 Å². The molecule has 0 unspecified atom stereocenters. The summed E-state index contributed by atoms with van der Waals surface area (Å²) in [6, 6.07) is 9.12. The van der Waals surface area contributed by atoms with E-state index in [4.69, 9.17) is 5.73 Å². The lowest BCUT2D eigenvalue weighted by molar-refractivity contribution is 0.102. The fourth-order valence-corrected chi connectivity index (χ4v) is 3.41. The first-order valence-corrected chi connectivity index (χ1v) is 9.39. The molecular formula is C21H22N6O. The van der Waals surface area contributed by atoms with Gasteiger partial charge in [0.25, 0.3) is 5.91 Å². The van der Waals surface area contributed by atoms with Crippen molar-refractivity contribution in [3.8, 4) is 11.3 Å². The molecule has 0 saturated carbocycles. The molecule has 0 radical (unpaired) electrons. The number of amides is 1. The minimum absolute atomic E-state index is 0.197. The molecule has 28 heavy (non-hydrogen) atoms. The third-order valence-corrected chi connectivity index (χ3v) is 4.86. The van der Waals surface area contributed by atoms with Crippen molar-refractivity contribution in [2.45, 2.75) is 19.3 Å². The molecule has 1 amide bonds. The topological polar surface area (TPSA) is 97.0 Å². The smallest absolute Gasteiger partial charge is 0.276 e. The average Bonchev–Trinajstić information content (AvgIpc) is 2.75. The maximum atomic E-state index is 12.9. The van der Waals surface area contributed by atoms with E-state index in [0.717, 1.165) is 37.2 Å². The Bertz CT molecular complexity index is 970. The number of piperidine rings is 1. The van der Waals surface area contributed by atoms with Crippen LogP contribution >= 0.6 is 0 Å². The molecule has 0 bridgehead atoms. The zero-order valence-electron chi connectivity index (χ0n) is 15.5. The average molecular weight is 374 g/mol. The van der Waals surface area contributed by atoms with Crippen LogP contribution in [0.1, 0.15) is 29.8 Å². The summed E-state index contributed by atoms with van der Waals surface area (Å²) in [6.07, 6.45) is 10.3. The summed E-state index contributed by atoms with van der Waals surface area (Å²) in [5.74, 6) is -0.348. The standard InChI is InChI=1S/C21H22N6O/c22-16-4-5-17(15-6-9-23-10-7-15)25-20(16)21(28)26-18-14-24-11-8-19(18)27-12-2-1-3-13-27/h4-11,14H,1-3,12-13,22H2,(H,26,28). The van der Waals surface area contributed by atoms with Crippen molar-refractivity contribution >= 4 is 23.0 Å². The molecule has 0 atom stereocenters. The molecule has 7 nitrogen and oxygen atoms in total. The number of aromatic nitrogens is 3. The lowest BCUT2D eigenvalue weighted by atomic mass is 10.1. The van der Waals surface area contributed by atoms with Crippen LogP contribution in [0.25, 0.3) is 11.3 Å². The van der Waals surface area contributed by atoms with Crippen molar-refractivity contribution < 1.29 is 4.79 Å². The monoisotopic (exact) mass is 374 g/mol. The Kier molecular flexibility index (Phi) is 5.14. The van der Waals surface area contributed by atoms with Gasteiger partial charge in [-0.3, -0.25) is 14.8 Å². The van der Waals surface area contributed by atoms with Gasteiger partial charge in [-0.05, 0) is 49.6 Å². The van der Waals surface area contributed by atoms with Crippen LogP contribution in [0.3, 0.4) is 0 Å². The number of hydrogen-bond acceptors (Lipinski definition) is 6. The summed E-state index contributed by atoms with van der Waals surface area (Å²) < 4.78 is 0. The minimum atomic E-state index is -0.348. The second-order valence-corrected chi connectivity index (χ2v) is 6.76. The van der Waals surface area contributed by atoms with Gasteiger partial charge in [-0.15, -0.1) is 0 Å². The van der Waals surface area contributed by atoms with Crippen molar-refractivity contribution in [1.82, 2.24) is 15.0 Å². The largest absolute Gasteiger partial charge is 0.397 e. The highest BCUT2D eigenvalue weighted by atomic mass is 16.1. The zero-order valence-corrected chi connectivity index (χ0v) is 15.5. The van der Waals surface area contributed by atoms with Crippen LogP contribution in [-0.4, -0.2) is 33.9 Å². The first-order valence-electron chi connectivity index (χ1n) is 9.39. The molecule has 3 aromatic heterocycles. The summed E-state index contributed by atoms with van der Waals surface area (Å²) >= 11 is 0. The van der Waals surface area contributed by atoms with Crippen LogP contribution in [0.4, 0.5) is 17.1 Å². The van der Waals surface area contributed by atoms with Gasteiger partial charge in [0.15, 0.2) is 5.69 Å². The molecule has 3 N–H and O–H groups in total. The van der Waals surface area contributed by atoms with Gasteiger partial charge in [0.1, 0.15) is 0 Å². The van der Waals surface area contributed by atoms with E-state index in [1.165, 1.54) is 6.42 Å². The predicted molar refractivity (Wildman–Crippen MR) is 110 cm³/mol. The van der Waals surface area contributed by atoms with Gasteiger partial charge in [0.2, 0.25) is 0 Å². The van der Waals surface area contributed by atoms with Gasteiger partial charge in [-0.1, -0.05) is 0 Å². The van der Waals surface area contributed by atoms with Crippen LogP contribution in [0.2, 0.25) is 0 Å². The summed E-state index contributed by atoms with van der Waals surface area (Å²) in [7, 11) is 0. The van der Waals surface area contributed by atoms with E-state index >= 15 is 0 Å². The number of rotatable bonds is 4. The Morgan fingerprint density at radius 2 is 1.71 bits per heavy atom. The van der Waals surface area contributed by atoms with Crippen molar-refractivity contribution in [3.05, 3.63) is 60.8 Å². The summed E-state index contributed by atoms with van der Waals surface area (Å²) in [6.45, 7) is 1.95. The number of pyridine rings is 3. The van der Waals surface area contributed by atoms with Gasteiger partial charge in [-0.2, -0.15) is 0 Å². The number of carbonyl (C=O) groups is 1. The Hall–Kier alpha value is -3.48. The molecule has 3 aromatic rings. The number of anilines is 3. The molecule has 142 valence electrons. The number of nitrogens with zero attached hydrogens (tertiary/aromatic N) is 4. The van der Waals surface area contributed by atoms with Gasteiger partial charge in [0, 0.05) is 37.2 Å². The van der Waals surface area contributed by atoms with E-state index in [9.17, 15) is 4.79 Å². The molecule has 1 saturated heterocycles. The molecule has 0 spiro atoms. The molecule has 1 fully saturated rings. The van der Waals surface area contributed by atoms with E-state index in [1.807, 2.05) is 18.2 Å². The summed E-state index contributed by atoms with van der Waals surface area (Å²) in [4.78, 5) is 27.9. The molecular weight excluding hydrogens is 352 g/mol. The molecule has 0 aromatic carbocycles. The van der Waals surface area contributed by atoms with Crippen LogP contribution in [0.15, 0.2) is 55.1 Å². The van der Waals surface area contributed by atoms with Crippen LogP contribution < -0.4 is 16.0 Å². The van der Waals surface area contributed by atoms with Gasteiger partial charge >= 0.3 is 0 Å². The minimum Gasteiger partial charge on any atom is -0.397 e. The molecule has 7 heteroatoms. The van der Waals surface area contributed by atoms with Crippen molar-refractivity contribution in [1.29, 1.82) is 0 Å². The number of carbonyl (C=O) groups excluding carboxylic acids is 1. The van der Waals surface area contributed by atoms with Gasteiger partial charge in [-0.25, -0.2) is 4.98 Å². The van der Waals surface area contributed by atoms with Crippen LogP contribution in [0.5, 0.6) is 0 Å². The normalized spacial score (nSPS) is 13.9. The molecule has 4 heterocycles. The highest BCUT2D eigenvalue weighted by molar-refractivity contribution is 6.07. The molecule has 0 aliphatic carbocycles. The Morgan fingerprint density at radius 1 is 0.964 bits per heavy atom. The van der Waals surface area contributed by atoms with Crippen molar-refractivity contribution in [3.63, 3.8) is 0 Å². The van der Waals surface area contributed by atoms with Gasteiger partial charge < -0.3 is 16.0 Å². The fourth-order valence-electron chi connectivity index (χ4n) is 3.41. The third kappa shape index (κ3) is 3.78. The summed E-state index contributed by atoms with van der Waals surface area (Å²) in [5.41, 5.74) is 9.77. The molecule has 1 aliphatic heterocycles. The summed E-state index contributed by atoms with van der Waals surface area (Å²) in [5, 5.41) is 2.95. The van der Waals surface area contributed by atoms with Crippen molar-refractivity contribution in [2.24, 2.45) is 0 Å². The first kappa shape index (κ1) is 17.9. The van der Waals surface area contributed by atoms with Crippen molar-refractivity contribution in [2.75, 3.05) is 29.0 Å². The van der Waals surface area contributed by atoms with E-state index in [0.29, 0.717) is 17.1 Å². The van der Waals surface area contributed by atoms with Gasteiger partial charge in [0.05, 0.1) is 29.0 Å². The van der Waals surface area contributed by atoms with Crippen LogP contribution in [0, 0.1) is 0 Å². The Morgan fingerprint density at radius 3 is 2.50 bits per heavy atom. The lowest BCUT2D eigenvalue weighted by Gasteiger charge is -2.30. The fraction of sp³-hybridized carbons (Fsp3) is 0.238. The van der Waals surface area contributed by atoms with E-state index < -0.39 is 0 Å². The van der Waals surface area contributed by atoms with Crippen LogP contribution in [-0.2, 0) is 0 Å². The highest BCUT2D eigenvalue weighted by Gasteiger charge is 2.19. The SMILES string of the molecule is Nc1ccc(-c2ccncc2)nc1C(=O)Nc1cnccc1N1CCCCC1. The Labute approximate surface area is 163 Å². The van der Waals surface area contributed by atoms with E-state index in [2.05, 4.69) is 25.2 Å². The highest BCUT2D eigenvalue weighted by Crippen LogP contribution is 2.28. The second kappa shape index (κ2) is 8.04. The molecule has 4 rings (SSSR count). The quantitative estimate of drug-likeness (QED) is 0.727. The zero-order chi connectivity index (χ0) is 19.3. The number of nitrogens with two attached hydrogens (primary N) is 1. The second-order valence-electron chi connectivity index (χ2n) is 6.76. The first-order chi connectivity index (χ1) is 13.7. The maximum Gasteiger partial charge on any atom is 0.276 e. The third-order valence-electron chi connectivity index (χ3n) is 4.86. The van der Waals surface area contributed by atoms with E-state index in [-0.39, 0.29) is 11.6 Å². The predicted octanol–water partition coefficient (Wildman–Crippen LogP) is 3.36. The maximum absolute atomic E-state index is 12.9. The number of nitrogens with one attached hydrogen (secondary N) is 1. The molecule has 1 aliphatic rings. The Balaban J connectivity index is 1.61. The number of hydrogen-bond donors (Lipinski definition) is 2. The number of nitrogen functional groups attached to an aromatic ring is 1. The lowest BCUT2D eigenvalue weighted by Crippen LogP contribution is -2.30.